The SMILES string of the molecule is C[C@H]1CC[C@](c2cccc(NC(=O)c3cn[nH]c3)c2)(N2CCN(c3ccccc3)CC2)CC1. The zero-order chi connectivity index (χ0) is 22.7. The lowest BCUT2D eigenvalue weighted by Gasteiger charge is -2.51. The van der Waals surface area contributed by atoms with Crippen molar-refractivity contribution in [1.82, 2.24) is 15.1 Å². The van der Waals surface area contributed by atoms with Gasteiger partial charge in [0.1, 0.15) is 0 Å². The third kappa shape index (κ3) is 4.53. The Bertz CT molecular complexity index is 1050. The maximum Gasteiger partial charge on any atom is 0.258 e. The standard InChI is InChI=1S/C27H33N5O/c1-21-10-12-27(13-11-21,32-16-14-31(15-17-32)25-8-3-2-4-9-25)23-6-5-7-24(18-23)30-26(33)22-19-28-29-20-22/h2-9,18-21H,10-17H2,1H3,(H,28,29)(H,30,33)/t21-,27-. The largest absolute Gasteiger partial charge is 0.369 e. The molecule has 0 bridgehead atoms. The van der Waals surface area contributed by atoms with Crippen LogP contribution in [0.15, 0.2) is 67.0 Å². The van der Waals surface area contributed by atoms with E-state index in [1.807, 2.05) is 6.07 Å². The minimum absolute atomic E-state index is 0.0334. The molecule has 1 saturated carbocycles. The summed E-state index contributed by atoms with van der Waals surface area (Å²) in [6.07, 6.45) is 7.98. The third-order valence-electron chi connectivity index (χ3n) is 7.53. The van der Waals surface area contributed by atoms with Gasteiger partial charge in [-0.2, -0.15) is 5.10 Å². The van der Waals surface area contributed by atoms with Crippen LogP contribution in [0, 0.1) is 5.92 Å². The average molecular weight is 444 g/mol. The van der Waals surface area contributed by atoms with Crippen LogP contribution in [0.25, 0.3) is 0 Å². The summed E-state index contributed by atoms with van der Waals surface area (Å²) in [4.78, 5) is 17.8. The molecule has 0 atom stereocenters. The normalized spacial score (nSPS) is 23.9. The molecule has 6 heteroatoms. The van der Waals surface area contributed by atoms with Crippen molar-refractivity contribution in [2.45, 2.75) is 38.1 Å². The van der Waals surface area contributed by atoms with Crippen molar-refractivity contribution in [3.63, 3.8) is 0 Å². The van der Waals surface area contributed by atoms with Crippen LogP contribution in [0.3, 0.4) is 0 Å². The molecule has 1 aliphatic heterocycles. The lowest BCUT2D eigenvalue weighted by atomic mass is 9.71. The number of aromatic nitrogens is 2. The molecule has 6 nitrogen and oxygen atoms in total. The number of para-hydroxylation sites is 1. The highest BCUT2D eigenvalue weighted by Crippen LogP contribution is 2.45. The quantitative estimate of drug-likeness (QED) is 0.589. The highest BCUT2D eigenvalue weighted by atomic mass is 16.1. The fraction of sp³-hybridized carbons (Fsp3) is 0.407. The lowest BCUT2D eigenvalue weighted by molar-refractivity contribution is 0.0299. The number of rotatable bonds is 5. The molecule has 1 aromatic heterocycles. The molecule has 1 aliphatic carbocycles. The van der Waals surface area contributed by atoms with Crippen LogP contribution < -0.4 is 10.2 Å². The molecule has 2 aliphatic rings. The number of aromatic amines is 1. The second-order valence-electron chi connectivity index (χ2n) is 9.55. The van der Waals surface area contributed by atoms with E-state index in [-0.39, 0.29) is 11.4 Å². The second kappa shape index (κ2) is 9.40. The summed E-state index contributed by atoms with van der Waals surface area (Å²) in [5.41, 5.74) is 4.06. The van der Waals surface area contributed by atoms with Crippen molar-refractivity contribution in [3.8, 4) is 0 Å². The van der Waals surface area contributed by atoms with E-state index in [2.05, 4.69) is 80.8 Å². The number of piperazine rings is 1. The smallest absolute Gasteiger partial charge is 0.258 e. The molecule has 5 rings (SSSR count). The zero-order valence-electron chi connectivity index (χ0n) is 19.3. The predicted octanol–water partition coefficient (Wildman–Crippen LogP) is 4.89. The highest BCUT2D eigenvalue weighted by molar-refractivity contribution is 6.03. The summed E-state index contributed by atoms with van der Waals surface area (Å²) in [6.45, 7) is 6.55. The average Bonchev–Trinajstić information content (AvgIpc) is 3.41. The van der Waals surface area contributed by atoms with Gasteiger partial charge in [0.05, 0.1) is 11.8 Å². The molecule has 0 radical (unpaired) electrons. The van der Waals surface area contributed by atoms with Gasteiger partial charge >= 0.3 is 0 Å². The number of amides is 1. The molecular formula is C27H33N5O. The van der Waals surface area contributed by atoms with Crippen LogP contribution in [0.1, 0.15) is 48.5 Å². The van der Waals surface area contributed by atoms with E-state index in [4.69, 9.17) is 0 Å². The number of hydrogen-bond acceptors (Lipinski definition) is 4. The maximum absolute atomic E-state index is 12.6. The van der Waals surface area contributed by atoms with E-state index in [0.717, 1.165) is 37.8 Å². The first-order valence-electron chi connectivity index (χ1n) is 12.1. The number of benzene rings is 2. The number of carbonyl (C=O) groups is 1. The van der Waals surface area contributed by atoms with Crippen molar-refractivity contribution in [2.75, 3.05) is 36.4 Å². The highest BCUT2D eigenvalue weighted by Gasteiger charge is 2.42. The van der Waals surface area contributed by atoms with Gasteiger partial charge < -0.3 is 10.2 Å². The maximum atomic E-state index is 12.6. The second-order valence-corrected chi connectivity index (χ2v) is 9.55. The van der Waals surface area contributed by atoms with E-state index < -0.39 is 0 Å². The fourth-order valence-corrected chi connectivity index (χ4v) is 5.52. The van der Waals surface area contributed by atoms with Gasteiger partial charge in [-0.25, -0.2) is 0 Å². The van der Waals surface area contributed by atoms with Gasteiger partial charge in [-0.1, -0.05) is 37.3 Å². The molecule has 33 heavy (non-hydrogen) atoms. The molecule has 0 unspecified atom stereocenters. The van der Waals surface area contributed by atoms with Crippen LogP contribution in [0.5, 0.6) is 0 Å². The van der Waals surface area contributed by atoms with Gasteiger partial charge in [0.15, 0.2) is 0 Å². The summed E-state index contributed by atoms with van der Waals surface area (Å²) in [7, 11) is 0. The van der Waals surface area contributed by atoms with Crippen LogP contribution in [0.2, 0.25) is 0 Å². The molecule has 172 valence electrons. The Kier molecular flexibility index (Phi) is 6.18. The Balaban J connectivity index is 1.37. The molecule has 1 saturated heterocycles. The molecule has 2 aromatic carbocycles. The third-order valence-corrected chi connectivity index (χ3v) is 7.53. The van der Waals surface area contributed by atoms with Crippen molar-refractivity contribution >= 4 is 17.3 Å². The van der Waals surface area contributed by atoms with Gasteiger partial charge in [-0.05, 0) is 61.4 Å². The number of H-pyrrole nitrogens is 1. The van der Waals surface area contributed by atoms with Gasteiger partial charge in [-0.15, -0.1) is 0 Å². The van der Waals surface area contributed by atoms with Crippen molar-refractivity contribution in [1.29, 1.82) is 0 Å². The molecule has 2 fully saturated rings. The molecular weight excluding hydrogens is 410 g/mol. The van der Waals surface area contributed by atoms with E-state index >= 15 is 0 Å². The van der Waals surface area contributed by atoms with E-state index in [0.29, 0.717) is 5.56 Å². The van der Waals surface area contributed by atoms with Crippen LogP contribution in [-0.2, 0) is 5.54 Å². The van der Waals surface area contributed by atoms with Crippen molar-refractivity contribution in [2.24, 2.45) is 5.92 Å². The van der Waals surface area contributed by atoms with E-state index in [9.17, 15) is 4.79 Å². The van der Waals surface area contributed by atoms with Crippen LogP contribution >= 0.6 is 0 Å². The van der Waals surface area contributed by atoms with Gasteiger partial charge in [0.25, 0.3) is 5.91 Å². The number of hydrogen-bond donors (Lipinski definition) is 2. The Hall–Kier alpha value is -3.12. The lowest BCUT2D eigenvalue weighted by Crippen LogP contribution is -2.56. The summed E-state index contributed by atoms with van der Waals surface area (Å²) in [5.74, 6) is 0.636. The minimum atomic E-state index is -0.135. The van der Waals surface area contributed by atoms with Gasteiger partial charge in [0, 0.05) is 49.3 Å². The number of carbonyl (C=O) groups excluding carboxylic acids is 1. The number of nitrogens with zero attached hydrogens (tertiary/aromatic N) is 3. The Morgan fingerprint density at radius 3 is 2.48 bits per heavy atom. The molecule has 1 amide bonds. The van der Waals surface area contributed by atoms with Crippen LogP contribution in [-0.4, -0.2) is 47.2 Å². The number of nitrogens with one attached hydrogen (secondary N) is 2. The molecule has 3 aromatic rings. The molecule has 2 heterocycles. The Morgan fingerprint density at radius 2 is 1.79 bits per heavy atom. The summed E-state index contributed by atoms with van der Waals surface area (Å²) < 4.78 is 0. The van der Waals surface area contributed by atoms with Crippen molar-refractivity contribution in [3.05, 3.63) is 78.1 Å². The first-order valence-corrected chi connectivity index (χ1v) is 12.1. The van der Waals surface area contributed by atoms with E-state index in [1.54, 1.807) is 12.4 Å². The summed E-state index contributed by atoms with van der Waals surface area (Å²) in [6, 6.07) is 19.2. The Labute approximate surface area is 196 Å². The number of anilines is 2. The summed E-state index contributed by atoms with van der Waals surface area (Å²) >= 11 is 0. The van der Waals surface area contributed by atoms with Gasteiger partial charge in [0.2, 0.25) is 0 Å². The zero-order valence-corrected chi connectivity index (χ0v) is 19.3. The molecule has 0 spiro atoms. The minimum Gasteiger partial charge on any atom is -0.369 e. The first kappa shape index (κ1) is 21.7. The fourth-order valence-electron chi connectivity index (χ4n) is 5.52. The van der Waals surface area contributed by atoms with Crippen LogP contribution in [0.4, 0.5) is 11.4 Å². The van der Waals surface area contributed by atoms with Gasteiger partial charge in [-0.3, -0.25) is 14.8 Å². The monoisotopic (exact) mass is 443 g/mol. The molecule has 2 N–H and O–H groups in total. The topological polar surface area (TPSA) is 64.3 Å². The predicted molar refractivity (Wildman–Crippen MR) is 133 cm³/mol. The van der Waals surface area contributed by atoms with E-state index in [1.165, 1.54) is 36.9 Å². The summed E-state index contributed by atoms with van der Waals surface area (Å²) in [5, 5.41) is 9.65. The Morgan fingerprint density at radius 1 is 1.03 bits per heavy atom. The van der Waals surface area contributed by atoms with Crippen molar-refractivity contribution < 1.29 is 4.79 Å². The first-order chi connectivity index (χ1) is 16.1.